The molecule has 1 aromatic carbocycles. The van der Waals surface area contributed by atoms with Crippen molar-refractivity contribution < 1.29 is 19.2 Å². The van der Waals surface area contributed by atoms with Gasteiger partial charge in [0.2, 0.25) is 0 Å². The Morgan fingerprint density at radius 3 is 2.48 bits per heavy atom. The molecule has 0 unspecified atom stereocenters. The molecule has 1 heterocycles. The van der Waals surface area contributed by atoms with Crippen molar-refractivity contribution in [1.29, 1.82) is 0 Å². The average molecular weight is 289 g/mol. The quantitative estimate of drug-likeness (QED) is 0.826. The van der Waals surface area contributed by atoms with E-state index >= 15 is 0 Å². The van der Waals surface area contributed by atoms with Crippen LogP contribution in [0.5, 0.6) is 5.75 Å². The molecule has 0 saturated heterocycles. The molecule has 0 fully saturated rings. The van der Waals surface area contributed by atoms with Gasteiger partial charge in [-0.15, -0.1) is 0 Å². The topological polar surface area (TPSA) is 72.6 Å². The molecule has 1 aromatic heterocycles. The van der Waals surface area contributed by atoms with Crippen LogP contribution >= 0.6 is 0 Å². The number of carboxylic acids is 1. The van der Waals surface area contributed by atoms with Crippen molar-refractivity contribution >= 4 is 5.97 Å². The van der Waals surface area contributed by atoms with E-state index in [9.17, 15) is 4.79 Å². The smallest absolute Gasteiger partial charge is 0.335 e. The van der Waals surface area contributed by atoms with Crippen LogP contribution in [0.15, 0.2) is 22.9 Å². The lowest BCUT2D eigenvalue weighted by Gasteiger charge is -2.13. The number of ether oxygens (including phenoxy) is 1. The number of nitrogens with zero attached hydrogens (tertiary/aromatic N) is 1. The highest BCUT2D eigenvalue weighted by molar-refractivity contribution is 5.88. The van der Waals surface area contributed by atoms with E-state index < -0.39 is 5.97 Å². The number of carboxylic acid groups (broad SMARTS) is 1. The molecular formula is C16H19NO4. The number of aromatic nitrogens is 1. The number of aromatic carboxylic acids is 1. The Kier molecular flexibility index (Phi) is 4.62. The van der Waals surface area contributed by atoms with Crippen molar-refractivity contribution in [2.75, 3.05) is 6.61 Å². The molecule has 5 nitrogen and oxygen atoms in total. The van der Waals surface area contributed by atoms with Gasteiger partial charge in [-0.2, -0.15) is 0 Å². The van der Waals surface area contributed by atoms with Gasteiger partial charge in [0, 0.05) is 5.56 Å². The zero-order valence-electron chi connectivity index (χ0n) is 12.5. The Morgan fingerprint density at radius 1 is 1.29 bits per heavy atom. The van der Waals surface area contributed by atoms with E-state index in [1.807, 2.05) is 20.8 Å². The summed E-state index contributed by atoms with van der Waals surface area (Å²) in [5.74, 6) is -0.155. The first-order valence-corrected chi connectivity index (χ1v) is 6.86. The maximum atomic E-state index is 11.0. The second kappa shape index (κ2) is 6.43. The first-order chi connectivity index (χ1) is 9.99. The number of carbonyl (C=O) groups is 1. The van der Waals surface area contributed by atoms with Gasteiger partial charge in [-0.05, 0) is 56.9 Å². The van der Waals surface area contributed by atoms with Crippen LogP contribution in [0.2, 0.25) is 0 Å². The van der Waals surface area contributed by atoms with Gasteiger partial charge in [0.1, 0.15) is 12.0 Å². The van der Waals surface area contributed by atoms with Crippen molar-refractivity contribution in [2.24, 2.45) is 0 Å². The normalized spacial score (nSPS) is 10.6. The predicted molar refractivity (Wildman–Crippen MR) is 77.9 cm³/mol. The molecule has 0 atom stereocenters. The molecule has 112 valence electrons. The number of aryl methyl sites for hydroxylation is 4. The van der Waals surface area contributed by atoms with E-state index in [0.717, 1.165) is 41.0 Å². The van der Waals surface area contributed by atoms with Crippen LogP contribution in [-0.4, -0.2) is 22.8 Å². The van der Waals surface area contributed by atoms with Crippen LogP contribution in [0.3, 0.4) is 0 Å². The lowest BCUT2D eigenvalue weighted by molar-refractivity contribution is 0.0696. The molecule has 0 aliphatic heterocycles. The van der Waals surface area contributed by atoms with Gasteiger partial charge < -0.3 is 14.4 Å². The Hall–Kier alpha value is -2.30. The Balaban J connectivity index is 1.94. The Labute approximate surface area is 123 Å². The number of rotatable bonds is 6. The average Bonchev–Trinajstić information content (AvgIpc) is 2.82. The third-order valence-corrected chi connectivity index (χ3v) is 3.39. The molecule has 0 aliphatic carbocycles. The second-order valence-corrected chi connectivity index (χ2v) is 5.12. The molecule has 0 bridgehead atoms. The molecule has 0 spiro atoms. The van der Waals surface area contributed by atoms with Crippen LogP contribution < -0.4 is 4.74 Å². The summed E-state index contributed by atoms with van der Waals surface area (Å²) in [6, 6.07) is 3.27. The van der Waals surface area contributed by atoms with E-state index in [-0.39, 0.29) is 5.56 Å². The standard InChI is InChI=1S/C16H19NO4/c1-10-7-14(16(18)19)8-11(2)15(10)20-6-4-5-13-9-21-17-12(13)3/h7-9H,4-6H2,1-3H3,(H,18,19). The lowest BCUT2D eigenvalue weighted by Crippen LogP contribution is -2.05. The fourth-order valence-corrected chi connectivity index (χ4v) is 2.29. The van der Waals surface area contributed by atoms with Crippen molar-refractivity contribution in [1.82, 2.24) is 5.16 Å². The van der Waals surface area contributed by atoms with Crippen molar-refractivity contribution in [3.8, 4) is 5.75 Å². The van der Waals surface area contributed by atoms with E-state index in [1.54, 1.807) is 18.4 Å². The van der Waals surface area contributed by atoms with Crippen LogP contribution in [0, 0.1) is 20.8 Å². The third kappa shape index (κ3) is 3.62. The fraction of sp³-hybridized carbons (Fsp3) is 0.375. The largest absolute Gasteiger partial charge is 0.493 e. The van der Waals surface area contributed by atoms with Gasteiger partial charge in [0.05, 0.1) is 17.9 Å². The summed E-state index contributed by atoms with van der Waals surface area (Å²) < 4.78 is 10.7. The van der Waals surface area contributed by atoms with Gasteiger partial charge in [-0.25, -0.2) is 4.79 Å². The van der Waals surface area contributed by atoms with Crippen molar-refractivity contribution in [2.45, 2.75) is 33.6 Å². The molecule has 0 aliphatic rings. The molecule has 5 heteroatoms. The Bertz CT molecular complexity index is 622. The van der Waals surface area contributed by atoms with E-state index in [0.29, 0.717) is 6.61 Å². The lowest BCUT2D eigenvalue weighted by atomic mass is 10.1. The second-order valence-electron chi connectivity index (χ2n) is 5.12. The van der Waals surface area contributed by atoms with Crippen molar-refractivity contribution in [3.05, 3.63) is 46.3 Å². The van der Waals surface area contributed by atoms with E-state index in [2.05, 4.69) is 5.16 Å². The molecular weight excluding hydrogens is 270 g/mol. The highest BCUT2D eigenvalue weighted by Crippen LogP contribution is 2.25. The molecule has 2 aromatic rings. The Morgan fingerprint density at radius 2 is 1.95 bits per heavy atom. The van der Waals surface area contributed by atoms with Gasteiger partial charge in [-0.1, -0.05) is 5.16 Å². The van der Waals surface area contributed by atoms with Crippen LogP contribution in [0.25, 0.3) is 0 Å². The summed E-state index contributed by atoms with van der Waals surface area (Å²) in [7, 11) is 0. The number of benzene rings is 1. The van der Waals surface area contributed by atoms with Gasteiger partial charge in [0.25, 0.3) is 0 Å². The minimum absolute atomic E-state index is 0.289. The summed E-state index contributed by atoms with van der Waals surface area (Å²) in [6.07, 6.45) is 3.36. The molecule has 1 N–H and O–H groups in total. The van der Waals surface area contributed by atoms with Crippen molar-refractivity contribution in [3.63, 3.8) is 0 Å². The number of hydrogen-bond acceptors (Lipinski definition) is 4. The fourth-order valence-electron chi connectivity index (χ4n) is 2.29. The molecule has 0 saturated carbocycles. The maximum absolute atomic E-state index is 11.0. The van der Waals surface area contributed by atoms with Crippen LogP contribution in [-0.2, 0) is 6.42 Å². The SMILES string of the molecule is Cc1cc(C(=O)O)cc(C)c1OCCCc1conc1C. The first-order valence-electron chi connectivity index (χ1n) is 6.86. The number of hydrogen-bond donors (Lipinski definition) is 1. The molecule has 2 rings (SSSR count). The molecule has 0 amide bonds. The zero-order valence-corrected chi connectivity index (χ0v) is 12.5. The highest BCUT2D eigenvalue weighted by atomic mass is 16.5. The summed E-state index contributed by atoms with van der Waals surface area (Å²) in [5, 5.41) is 12.9. The molecule has 0 radical (unpaired) electrons. The minimum atomic E-state index is -0.921. The third-order valence-electron chi connectivity index (χ3n) is 3.39. The predicted octanol–water partition coefficient (Wildman–Crippen LogP) is 3.31. The van der Waals surface area contributed by atoms with E-state index in [1.165, 1.54) is 0 Å². The summed E-state index contributed by atoms with van der Waals surface area (Å²) in [5.41, 5.74) is 3.97. The van der Waals surface area contributed by atoms with Crippen LogP contribution in [0.1, 0.15) is 39.2 Å². The first kappa shape index (κ1) is 15.1. The maximum Gasteiger partial charge on any atom is 0.335 e. The van der Waals surface area contributed by atoms with Crippen LogP contribution in [0.4, 0.5) is 0 Å². The van der Waals surface area contributed by atoms with Gasteiger partial charge >= 0.3 is 5.97 Å². The monoisotopic (exact) mass is 289 g/mol. The summed E-state index contributed by atoms with van der Waals surface area (Å²) >= 11 is 0. The van der Waals surface area contributed by atoms with Gasteiger partial charge in [-0.3, -0.25) is 0 Å². The molecule has 21 heavy (non-hydrogen) atoms. The summed E-state index contributed by atoms with van der Waals surface area (Å²) in [4.78, 5) is 11.0. The highest BCUT2D eigenvalue weighted by Gasteiger charge is 2.10. The van der Waals surface area contributed by atoms with E-state index in [4.69, 9.17) is 14.4 Å². The minimum Gasteiger partial charge on any atom is -0.493 e. The zero-order chi connectivity index (χ0) is 15.4. The summed E-state index contributed by atoms with van der Waals surface area (Å²) in [6.45, 7) is 6.20. The van der Waals surface area contributed by atoms with Gasteiger partial charge in [0.15, 0.2) is 0 Å².